The molecular formula is C52H70N8O7. The van der Waals surface area contributed by atoms with Crippen LogP contribution in [-0.2, 0) is 48.2 Å². The van der Waals surface area contributed by atoms with Crippen molar-refractivity contribution in [2.24, 2.45) is 10.8 Å². The summed E-state index contributed by atoms with van der Waals surface area (Å²) in [4.78, 5) is 88.3. The van der Waals surface area contributed by atoms with E-state index in [1.807, 2.05) is 96.1 Å². The molecule has 0 radical (unpaired) electrons. The molecule has 0 bridgehead atoms. The van der Waals surface area contributed by atoms with Gasteiger partial charge in [0.25, 0.3) is 0 Å². The SMILES string of the molecule is CNCC(=O)NC(C(=O)N1Cc2cc(C3C[C@@H](C(=O)N[C@@H]4CCCc5ccccc54)N(C(=O)C(NC(=O)CNC)C(C)(C)C)C3)ccc2C[C@H]1C(=O)NC1CCOc2ccccc21)C(C)(C)C. The third-order valence-electron chi connectivity index (χ3n) is 13.8. The number of amides is 6. The van der Waals surface area contributed by atoms with Crippen molar-refractivity contribution in [3.8, 4) is 5.75 Å². The van der Waals surface area contributed by atoms with Gasteiger partial charge in [-0.25, -0.2) is 0 Å². The molecule has 0 saturated carbocycles. The van der Waals surface area contributed by atoms with E-state index in [-0.39, 0.29) is 86.0 Å². The summed E-state index contributed by atoms with van der Waals surface area (Å²) >= 11 is 0. The fourth-order valence-corrected chi connectivity index (χ4v) is 10.2. The van der Waals surface area contributed by atoms with Gasteiger partial charge in [0.2, 0.25) is 35.4 Å². The topological polar surface area (TPSA) is 190 Å². The Labute approximate surface area is 395 Å². The zero-order chi connectivity index (χ0) is 48.2. The number of likely N-dealkylation sites (N-methyl/N-ethyl adjacent to an activating group) is 2. The highest BCUT2D eigenvalue weighted by atomic mass is 16.5. The number of aryl methyl sites for hydroxylation is 1. The molecule has 3 heterocycles. The molecule has 6 amide bonds. The summed E-state index contributed by atoms with van der Waals surface area (Å²) < 4.78 is 5.88. The molecule has 1 saturated heterocycles. The predicted molar refractivity (Wildman–Crippen MR) is 256 cm³/mol. The number of fused-ring (bicyclic) bond motifs is 3. The van der Waals surface area contributed by atoms with E-state index in [2.05, 4.69) is 44.0 Å². The summed E-state index contributed by atoms with van der Waals surface area (Å²) in [6, 6.07) is 17.8. The summed E-state index contributed by atoms with van der Waals surface area (Å²) in [6.07, 6.45) is 3.81. The van der Waals surface area contributed by atoms with Gasteiger partial charge < -0.3 is 46.4 Å². The molecule has 7 rings (SSSR count). The number of hydrogen-bond acceptors (Lipinski definition) is 9. The van der Waals surface area contributed by atoms with E-state index in [0.29, 0.717) is 25.2 Å². The van der Waals surface area contributed by atoms with E-state index in [9.17, 15) is 28.8 Å². The summed E-state index contributed by atoms with van der Waals surface area (Å²) in [5.41, 5.74) is 4.45. The van der Waals surface area contributed by atoms with Crippen molar-refractivity contribution in [3.05, 3.63) is 100 Å². The van der Waals surface area contributed by atoms with Crippen LogP contribution in [0.5, 0.6) is 5.75 Å². The summed E-state index contributed by atoms with van der Waals surface area (Å²) in [5, 5.41) is 18.2. The van der Waals surface area contributed by atoms with E-state index in [0.717, 1.165) is 47.1 Å². The second-order valence-corrected chi connectivity index (χ2v) is 20.8. The predicted octanol–water partition coefficient (Wildman–Crippen LogP) is 3.96. The lowest BCUT2D eigenvalue weighted by atomic mass is 9.83. The Kier molecular flexibility index (Phi) is 15.1. The van der Waals surface area contributed by atoms with Gasteiger partial charge in [-0.2, -0.15) is 0 Å². The molecule has 3 aliphatic heterocycles. The van der Waals surface area contributed by atoms with Gasteiger partial charge in [0.05, 0.1) is 31.8 Å². The zero-order valence-corrected chi connectivity index (χ0v) is 40.4. The fourth-order valence-electron chi connectivity index (χ4n) is 10.2. The van der Waals surface area contributed by atoms with Crippen molar-refractivity contribution in [1.29, 1.82) is 0 Å². The van der Waals surface area contributed by atoms with Crippen molar-refractivity contribution in [3.63, 3.8) is 0 Å². The fraction of sp³-hybridized carbons (Fsp3) is 0.538. The molecule has 67 heavy (non-hydrogen) atoms. The zero-order valence-electron chi connectivity index (χ0n) is 40.4. The van der Waals surface area contributed by atoms with Crippen LogP contribution in [0.1, 0.15) is 119 Å². The van der Waals surface area contributed by atoms with Gasteiger partial charge in [-0.05, 0) is 84.5 Å². The van der Waals surface area contributed by atoms with E-state index >= 15 is 0 Å². The van der Waals surface area contributed by atoms with Gasteiger partial charge >= 0.3 is 0 Å². The van der Waals surface area contributed by atoms with Crippen molar-refractivity contribution >= 4 is 35.4 Å². The number of carbonyl (C=O) groups excluding carboxylic acids is 6. The molecule has 360 valence electrons. The minimum absolute atomic E-state index is 0.0197. The van der Waals surface area contributed by atoms with Crippen molar-refractivity contribution < 1.29 is 33.5 Å². The number of nitrogens with zero attached hydrogens (tertiary/aromatic N) is 2. The van der Waals surface area contributed by atoms with Crippen molar-refractivity contribution in [2.45, 2.75) is 129 Å². The second kappa shape index (κ2) is 20.6. The van der Waals surface area contributed by atoms with Crippen LogP contribution in [0.25, 0.3) is 0 Å². The number of likely N-dealkylation sites (tertiary alicyclic amines) is 1. The average Bonchev–Trinajstić information content (AvgIpc) is 3.75. The molecule has 4 unspecified atom stereocenters. The number of para-hydroxylation sites is 1. The van der Waals surface area contributed by atoms with Gasteiger partial charge in [0.15, 0.2) is 0 Å². The molecule has 3 aromatic rings. The summed E-state index contributed by atoms with van der Waals surface area (Å²) in [7, 11) is 3.33. The largest absolute Gasteiger partial charge is 0.493 e. The average molecular weight is 919 g/mol. The van der Waals surface area contributed by atoms with E-state index in [4.69, 9.17) is 4.74 Å². The van der Waals surface area contributed by atoms with Gasteiger partial charge in [-0.3, -0.25) is 28.8 Å². The highest BCUT2D eigenvalue weighted by molar-refractivity contribution is 5.95. The molecule has 7 atom stereocenters. The van der Waals surface area contributed by atoms with Crippen LogP contribution in [-0.4, -0.2) is 110 Å². The minimum Gasteiger partial charge on any atom is -0.493 e. The van der Waals surface area contributed by atoms with Crippen LogP contribution in [0.3, 0.4) is 0 Å². The van der Waals surface area contributed by atoms with E-state index in [1.54, 1.807) is 23.9 Å². The first-order chi connectivity index (χ1) is 31.9. The Balaban J connectivity index is 1.21. The van der Waals surface area contributed by atoms with Gasteiger partial charge in [-0.15, -0.1) is 0 Å². The molecule has 15 heteroatoms. The first-order valence-corrected chi connectivity index (χ1v) is 23.9. The Bertz CT molecular complexity index is 2340. The van der Waals surface area contributed by atoms with Crippen LogP contribution in [0.15, 0.2) is 66.7 Å². The van der Waals surface area contributed by atoms with Gasteiger partial charge in [0.1, 0.15) is 29.9 Å². The molecule has 1 aliphatic carbocycles. The standard InChI is InChI=1S/C52H70N8O7/c1-51(2,3)45(57-43(61)27-53-7)49(65)59-29-34-24-32(20-21-33(34)25-40(59)47(63)56-39-22-23-67-42-19-12-11-17-37(39)42)35-26-41(48(64)55-38-18-13-15-31-14-9-10-16-36(31)38)60(30-35)50(66)46(52(4,5)6)58-44(62)28-54-8/h9-12,14,16-17,19-21,24,35,38-41,45-46,53-54H,13,15,18,22-23,25-30H2,1-8H3,(H,55,64)(H,56,63)(H,57,61)(H,58,62)/t35?,38-,39?,40+,41+,45?,46?/m1/s1. The first kappa shape index (κ1) is 49.1. The number of rotatable bonds is 13. The number of hydrogen-bond donors (Lipinski definition) is 6. The number of ether oxygens (including phenoxy) is 1. The summed E-state index contributed by atoms with van der Waals surface area (Å²) in [5.74, 6) is -1.44. The van der Waals surface area contributed by atoms with Crippen molar-refractivity contribution in [1.82, 2.24) is 41.7 Å². The van der Waals surface area contributed by atoms with Crippen LogP contribution < -0.4 is 36.6 Å². The first-order valence-electron chi connectivity index (χ1n) is 23.9. The Morgan fingerprint density at radius 3 is 1.90 bits per heavy atom. The highest BCUT2D eigenvalue weighted by Gasteiger charge is 2.47. The highest BCUT2D eigenvalue weighted by Crippen LogP contribution is 2.39. The smallest absolute Gasteiger partial charge is 0.246 e. The normalized spacial score (nSPS) is 22.2. The lowest BCUT2D eigenvalue weighted by Crippen LogP contribution is -2.61. The van der Waals surface area contributed by atoms with Crippen LogP contribution in [0, 0.1) is 10.8 Å². The molecule has 15 nitrogen and oxygen atoms in total. The van der Waals surface area contributed by atoms with Gasteiger partial charge in [-0.1, -0.05) is 102 Å². The molecular weight excluding hydrogens is 849 g/mol. The number of carbonyl (C=O) groups is 6. The van der Waals surface area contributed by atoms with Crippen molar-refractivity contribution in [2.75, 3.05) is 40.3 Å². The number of nitrogens with one attached hydrogen (secondary N) is 6. The Morgan fingerprint density at radius 2 is 1.25 bits per heavy atom. The molecule has 4 aliphatic rings. The van der Waals surface area contributed by atoms with Crippen LogP contribution in [0.2, 0.25) is 0 Å². The Hall–Kier alpha value is -5.80. The quantitative estimate of drug-likeness (QED) is 0.148. The van der Waals surface area contributed by atoms with E-state index in [1.165, 1.54) is 5.56 Å². The molecule has 6 N–H and O–H groups in total. The van der Waals surface area contributed by atoms with E-state index < -0.39 is 35.0 Å². The minimum atomic E-state index is -0.939. The molecule has 3 aromatic carbocycles. The lowest BCUT2D eigenvalue weighted by molar-refractivity contribution is -0.147. The molecule has 0 aromatic heterocycles. The van der Waals surface area contributed by atoms with Crippen LogP contribution in [0.4, 0.5) is 0 Å². The lowest BCUT2D eigenvalue weighted by Gasteiger charge is -2.41. The monoisotopic (exact) mass is 919 g/mol. The maximum Gasteiger partial charge on any atom is 0.246 e. The summed E-state index contributed by atoms with van der Waals surface area (Å²) in [6.45, 7) is 12.2. The second-order valence-electron chi connectivity index (χ2n) is 20.8. The number of benzene rings is 3. The molecule has 0 spiro atoms. The third kappa shape index (κ3) is 11.2. The maximum absolute atomic E-state index is 14.9. The Morgan fingerprint density at radius 1 is 0.672 bits per heavy atom. The van der Waals surface area contributed by atoms with Gasteiger partial charge in [0, 0.05) is 37.4 Å². The third-order valence-corrected chi connectivity index (χ3v) is 13.8. The molecule has 1 fully saturated rings. The van der Waals surface area contributed by atoms with Crippen LogP contribution >= 0.6 is 0 Å². The maximum atomic E-state index is 14.9.